The summed E-state index contributed by atoms with van der Waals surface area (Å²) in [4.78, 5) is 11.1. The van der Waals surface area contributed by atoms with Gasteiger partial charge in [-0.2, -0.15) is 0 Å². The summed E-state index contributed by atoms with van der Waals surface area (Å²) in [5, 5.41) is 0. The number of hydrogen-bond acceptors (Lipinski definition) is 1. The van der Waals surface area contributed by atoms with Crippen LogP contribution in [-0.4, -0.2) is 5.78 Å². The van der Waals surface area contributed by atoms with Crippen molar-refractivity contribution >= 4 is 5.78 Å². The van der Waals surface area contributed by atoms with Crippen LogP contribution in [0, 0.1) is 17.3 Å². The highest BCUT2D eigenvalue weighted by Gasteiger charge is 2.39. The first-order valence-electron chi connectivity index (χ1n) is 5.04. The minimum absolute atomic E-state index is 0.213. The third-order valence-electron chi connectivity index (χ3n) is 3.60. The highest BCUT2D eigenvalue weighted by atomic mass is 16.1. The Bertz CT molecular complexity index is 248. The number of allylic oxidation sites excluding steroid dienone is 2. The lowest BCUT2D eigenvalue weighted by atomic mass is 9.73. The second-order valence-corrected chi connectivity index (χ2v) is 4.94. The highest BCUT2D eigenvalue weighted by Crippen LogP contribution is 2.47. The van der Waals surface area contributed by atoms with E-state index >= 15 is 0 Å². The largest absolute Gasteiger partial charge is 0.300 e. The SMILES string of the molecule is CC(=O)CC1C(C)C=C(C)C1(C)C. The molecule has 0 aromatic rings. The zero-order valence-electron chi connectivity index (χ0n) is 9.35. The summed E-state index contributed by atoms with van der Waals surface area (Å²) in [5.74, 6) is 1.37. The lowest BCUT2D eigenvalue weighted by Crippen LogP contribution is -2.25. The summed E-state index contributed by atoms with van der Waals surface area (Å²) >= 11 is 0. The molecule has 0 spiro atoms. The Hall–Kier alpha value is -0.590. The second kappa shape index (κ2) is 3.28. The Labute approximate surface area is 81.2 Å². The number of carbonyl (C=O) groups is 1. The van der Waals surface area contributed by atoms with Crippen LogP contribution >= 0.6 is 0 Å². The number of Topliss-reactive ketones (excluding diaryl/α,β-unsaturated/α-hetero) is 1. The van der Waals surface area contributed by atoms with E-state index < -0.39 is 0 Å². The summed E-state index contributed by atoms with van der Waals surface area (Å²) in [6, 6.07) is 0. The van der Waals surface area contributed by atoms with Crippen molar-refractivity contribution in [3.63, 3.8) is 0 Å². The van der Waals surface area contributed by atoms with Gasteiger partial charge in [0.25, 0.3) is 0 Å². The van der Waals surface area contributed by atoms with Crippen LogP contribution in [0.3, 0.4) is 0 Å². The molecular weight excluding hydrogens is 160 g/mol. The number of rotatable bonds is 2. The molecule has 1 nitrogen and oxygen atoms in total. The molecule has 0 aliphatic heterocycles. The van der Waals surface area contributed by atoms with Gasteiger partial charge in [0.1, 0.15) is 5.78 Å². The molecule has 0 aromatic heterocycles. The van der Waals surface area contributed by atoms with Gasteiger partial charge in [-0.3, -0.25) is 0 Å². The summed E-state index contributed by atoms with van der Waals surface area (Å²) < 4.78 is 0. The van der Waals surface area contributed by atoms with Gasteiger partial charge in [-0.15, -0.1) is 0 Å². The van der Waals surface area contributed by atoms with Gasteiger partial charge in [0, 0.05) is 6.42 Å². The zero-order chi connectivity index (χ0) is 10.2. The average Bonchev–Trinajstić information content (AvgIpc) is 2.13. The van der Waals surface area contributed by atoms with Crippen molar-refractivity contribution in [3.05, 3.63) is 11.6 Å². The third-order valence-corrected chi connectivity index (χ3v) is 3.60. The summed E-state index contributed by atoms with van der Waals surface area (Å²) in [6.45, 7) is 10.6. The number of carbonyl (C=O) groups excluding carboxylic acids is 1. The van der Waals surface area contributed by atoms with Crippen LogP contribution in [0.5, 0.6) is 0 Å². The maximum atomic E-state index is 11.1. The fourth-order valence-corrected chi connectivity index (χ4v) is 2.43. The first-order chi connectivity index (χ1) is 5.85. The first kappa shape index (κ1) is 10.5. The topological polar surface area (TPSA) is 17.1 Å². The molecule has 1 aliphatic rings. The molecule has 13 heavy (non-hydrogen) atoms. The molecular formula is C12H20O. The minimum atomic E-state index is 0.213. The van der Waals surface area contributed by atoms with Gasteiger partial charge in [0.05, 0.1) is 0 Å². The highest BCUT2D eigenvalue weighted by molar-refractivity contribution is 5.76. The standard InChI is InChI=1S/C12H20O/c1-8-6-9(2)12(4,5)11(8)7-10(3)13/h6,8,11H,7H2,1-5H3. The van der Waals surface area contributed by atoms with Crippen LogP contribution in [0.4, 0.5) is 0 Å². The monoisotopic (exact) mass is 180 g/mol. The van der Waals surface area contributed by atoms with Crippen LogP contribution in [0.2, 0.25) is 0 Å². The molecule has 0 fully saturated rings. The Morgan fingerprint density at radius 2 is 2.08 bits per heavy atom. The maximum Gasteiger partial charge on any atom is 0.130 e. The van der Waals surface area contributed by atoms with Gasteiger partial charge in [0.15, 0.2) is 0 Å². The van der Waals surface area contributed by atoms with E-state index in [0.717, 1.165) is 6.42 Å². The lowest BCUT2D eigenvalue weighted by Gasteiger charge is -2.31. The molecule has 0 saturated heterocycles. The maximum absolute atomic E-state index is 11.1. The zero-order valence-corrected chi connectivity index (χ0v) is 9.35. The van der Waals surface area contributed by atoms with E-state index in [4.69, 9.17) is 0 Å². The number of ketones is 1. The quantitative estimate of drug-likeness (QED) is 0.596. The fraction of sp³-hybridized carbons (Fsp3) is 0.750. The van der Waals surface area contributed by atoms with Crippen LogP contribution in [0.25, 0.3) is 0 Å². The van der Waals surface area contributed by atoms with E-state index in [0.29, 0.717) is 17.6 Å². The van der Waals surface area contributed by atoms with Gasteiger partial charge in [-0.05, 0) is 31.1 Å². The Kier molecular flexibility index (Phi) is 2.65. The van der Waals surface area contributed by atoms with Crippen molar-refractivity contribution in [2.45, 2.75) is 41.0 Å². The van der Waals surface area contributed by atoms with Crippen molar-refractivity contribution in [3.8, 4) is 0 Å². The predicted octanol–water partition coefficient (Wildman–Crippen LogP) is 3.20. The molecule has 0 saturated carbocycles. The lowest BCUT2D eigenvalue weighted by molar-refractivity contribution is -0.118. The Morgan fingerprint density at radius 1 is 1.54 bits per heavy atom. The van der Waals surface area contributed by atoms with E-state index in [-0.39, 0.29) is 5.41 Å². The van der Waals surface area contributed by atoms with Crippen molar-refractivity contribution in [2.24, 2.45) is 17.3 Å². The van der Waals surface area contributed by atoms with Crippen LogP contribution < -0.4 is 0 Å². The summed E-state index contributed by atoms with van der Waals surface area (Å²) in [6.07, 6.45) is 3.04. The van der Waals surface area contributed by atoms with Crippen molar-refractivity contribution in [1.29, 1.82) is 0 Å². The van der Waals surface area contributed by atoms with E-state index in [1.165, 1.54) is 5.57 Å². The molecule has 1 rings (SSSR count). The summed E-state index contributed by atoms with van der Waals surface area (Å²) in [7, 11) is 0. The minimum Gasteiger partial charge on any atom is -0.300 e. The number of hydrogen-bond donors (Lipinski definition) is 0. The Balaban J connectivity index is 2.82. The van der Waals surface area contributed by atoms with Crippen LogP contribution in [-0.2, 0) is 4.79 Å². The predicted molar refractivity (Wildman–Crippen MR) is 55.5 cm³/mol. The fourth-order valence-electron chi connectivity index (χ4n) is 2.43. The van der Waals surface area contributed by atoms with Gasteiger partial charge in [-0.1, -0.05) is 32.4 Å². The van der Waals surface area contributed by atoms with Gasteiger partial charge >= 0.3 is 0 Å². The van der Waals surface area contributed by atoms with E-state index in [1.807, 2.05) is 0 Å². The van der Waals surface area contributed by atoms with Gasteiger partial charge < -0.3 is 4.79 Å². The molecule has 0 amide bonds. The first-order valence-corrected chi connectivity index (χ1v) is 5.04. The van der Waals surface area contributed by atoms with E-state index in [1.54, 1.807) is 6.92 Å². The molecule has 1 heteroatoms. The molecule has 74 valence electrons. The molecule has 2 unspecified atom stereocenters. The molecule has 0 heterocycles. The molecule has 2 atom stereocenters. The van der Waals surface area contributed by atoms with Crippen molar-refractivity contribution in [2.75, 3.05) is 0 Å². The van der Waals surface area contributed by atoms with E-state index in [9.17, 15) is 4.79 Å². The van der Waals surface area contributed by atoms with E-state index in [2.05, 4.69) is 33.8 Å². The van der Waals surface area contributed by atoms with Gasteiger partial charge in [0.2, 0.25) is 0 Å². The molecule has 0 N–H and O–H groups in total. The summed E-state index contributed by atoms with van der Waals surface area (Å²) in [5.41, 5.74) is 1.65. The van der Waals surface area contributed by atoms with Crippen molar-refractivity contribution < 1.29 is 4.79 Å². The second-order valence-electron chi connectivity index (χ2n) is 4.94. The van der Waals surface area contributed by atoms with Gasteiger partial charge in [-0.25, -0.2) is 0 Å². The molecule has 0 aromatic carbocycles. The van der Waals surface area contributed by atoms with Crippen LogP contribution in [0.15, 0.2) is 11.6 Å². The third kappa shape index (κ3) is 1.84. The molecule has 1 aliphatic carbocycles. The normalized spacial score (nSPS) is 31.6. The molecule has 0 radical (unpaired) electrons. The smallest absolute Gasteiger partial charge is 0.130 e. The van der Waals surface area contributed by atoms with Crippen molar-refractivity contribution in [1.82, 2.24) is 0 Å². The Morgan fingerprint density at radius 3 is 2.38 bits per heavy atom. The average molecular weight is 180 g/mol. The molecule has 0 bridgehead atoms. The van der Waals surface area contributed by atoms with Crippen LogP contribution in [0.1, 0.15) is 41.0 Å².